The number of nitrogens with two attached hydrogens (primary N) is 1. The molecule has 0 saturated heterocycles. The van der Waals surface area contributed by atoms with Gasteiger partial charge in [0, 0.05) is 22.2 Å². The SMILES string of the molecule is CC1CCC(CN)(Nc2ccc(Br)c(Cl)c2)CC1C. The van der Waals surface area contributed by atoms with E-state index in [0.29, 0.717) is 12.5 Å². The van der Waals surface area contributed by atoms with Gasteiger partial charge in [-0.3, -0.25) is 0 Å². The Kier molecular flexibility index (Phi) is 4.80. The van der Waals surface area contributed by atoms with Gasteiger partial charge in [0.2, 0.25) is 0 Å². The zero-order valence-electron chi connectivity index (χ0n) is 11.5. The fourth-order valence-electron chi connectivity index (χ4n) is 2.94. The lowest BCUT2D eigenvalue weighted by Crippen LogP contribution is -2.50. The van der Waals surface area contributed by atoms with Crippen LogP contribution in [0.15, 0.2) is 22.7 Å². The Morgan fingerprint density at radius 2 is 2.16 bits per heavy atom. The zero-order chi connectivity index (χ0) is 14.0. The first-order valence-corrected chi connectivity index (χ1v) is 8.06. The molecule has 0 bridgehead atoms. The summed E-state index contributed by atoms with van der Waals surface area (Å²) in [6.45, 7) is 5.32. The van der Waals surface area contributed by atoms with Crippen molar-refractivity contribution in [3.63, 3.8) is 0 Å². The normalized spacial score (nSPS) is 31.2. The Morgan fingerprint density at radius 1 is 1.42 bits per heavy atom. The molecule has 1 aliphatic rings. The second-order valence-corrected chi connectivity index (χ2v) is 7.20. The van der Waals surface area contributed by atoms with Crippen molar-refractivity contribution in [3.05, 3.63) is 27.7 Å². The second-order valence-electron chi connectivity index (χ2n) is 5.94. The Balaban J connectivity index is 2.16. The monoisotopic (exact) mass is 344 g/mol. The molecular formula is C15H22BrClN2. The van der Waals surface area contributed by atoms with Crippen molar-refractivity contribution in [3.8, 4) is 0 Å². The molecule has 0 aliphatic heterocycles. The van der Waals surface area contributed by atoms with Crippen molar-refractivity contribution in [2.75, 3.05) is 11.9 Å². The number of anilines is 1. The van der Waals surface area contributed by atoms with Crippen LogP contribution in [0.3, 0.4) is 0 Å². The number of halogens is 2. The molecule has 2 rings (SSSR count). The molecule has 4 heteroatoms. The molecule has 1 aliphatic carbocycles. The van der Waals surface area contributed by atoms with E-state index in [0.717, 1.165) is 33.9 Å². The molecule has 106 valence electrons. The predicted molar refractivity (Wildman–Crippen MR) is 86.7 cm³/mol. The van der Waals surface area contributed by atoms with E-state index in [-0.39, 0.29) is 5.54 Å². The van der Waals surface area contributed by atoms with E-state index >= 15 is 0 Å². The summed E-state index contributed by atoms with van der Waals surface area (Å²) in [5.74, 6) is 1.49. The molecule has 2 nitrogen and oxygen atoms in total. The first-order chi connectivity index (χ1) is 8.96. The molecule has 0 aromatic heterocycles. The highest BCUT2D eigenvalue weighted by atomic mass is 79.9. The smallest absolute Gasteiger partial charge is 0.0568 e. The predicted octanol–water partition coefficient (Wildman–Crippen LogP) is 4.67. The van der Waals surface area contributed by atoms with Crippen LogP contribution in [0.25, 0.3) is 0 Å². The third-order valence-corrected chi connectivity index (χ3v) is 5.71. The fraction of sp³-hybridized carbons (Fsp3) is 0.600. The van der Waals surface area contributed by atoms with Crippen molar-refractivity contribution in [1.82, 2.24) is 0 Å². The number of benzene rings is 1. The lowest BCUT2D eigenvalue weighted by atomic mass is 9.71. The summed E-state index contributed by atoms with van der Waals surface area (Å²) < 4.78 is 0.923. The van der Waals surface area contributed by atoms with Gasteiger partial charge in [-0.05, 0) is 65.2 Å². The summed E-state index contributed by atoms with van der Waals surface area (Å²) in [4.78, 5) is 0. The van der Waals surface area contributed by atoms with Crippen LogP contribution >= 0.6 is 27.5 Å². The molecule has 1 fully saturated rings. The van der Waals surface area contributed by atoms with E-state index in [1.807, 2.05) is 12.1 Å². The highest BCUT2D eigenvalue weighted by molar-refractivity contribution is 9.10. The van der Waals surface area contributed by atoms with E-state index in [2.05, 4.69) is 41.2 Å². The Hall–Kier alpha value is -0.250. The van der Waals surface area contributed by atoms with E-state index in [1.165, 1.54) is 6.42 Å². The van der Waals surface area contributed by atoms with E-state index in [4.69, 9.17) is 17.3 Å². The lowest BCUT2D eigenvalue weighted by molar-refractivity contribution is 0.196. The van der Waals surface area contributed by atoms with Gasteiger partial charge in [-0.1, -0.05) is 25.4 Å². The van der Waals surface area contributed by atoms with Crippen LogP contribution in [-0.4, -0.2) is 12.1 Å². The summed E-state index contributed by atoms with van der Waals surface area (Å²) in [5, 5.41) is 4.36. The molecular weight excluding hydrogens is 324 g/mol. The van der Waals surface area contributed by atoms with Gasteiger partial charge in [-0.15, -0.1) is 0 Å². The molecule has 0 spiro atoms. The molecule has 1 saturated carbocycles. The summed E-state index contributed by atoms with van der Waals surface area (Å²) in [6.07, 6.45) is 3.48. The van der Waals surface area contributed by atoms with Crippen LogP contribution in [0.1, 0.15) is 33.1 Å². The van der Waals surface area contributed by atoms with Crippen molar-refractivity contribution >= 4 is 33.2 Å². The summed E-state index contributed by atoms with van der Waals surface area (Å²) >= 11 is 9.57. The van der Waals surface area contributed by atoms with Crippen molar-refractivity contribution in [2.45, 2.75) is 38.6 Å². The first kappa shape index (κ1) is 15.1. The number of rotatable bonds is 3. The molecule has 3 unspecified atom stereocenters. The van der Waals surface area contributed by atoms with E-state index in [9.17, 15) is 0 Å². The van der Waals surface area contributed by atoms with Crippen molar-refractivity contribution < 1.29 is 0 Å². The maximum absolute atomic E-state index is 6.15. The standard InChI is InChI=1S/C15H22BrClN2/c1-10-5-6-15(9-18,8-11(10)2)19-12-3-4-13(16)14(17)7-12/h3-4,7,10-11,19H,5-6,8-9,18H2,1-2H3. The van der Waals surface area contributed by atoms with Crippen LogP contribution in [0.4, 0.5) is 5.69 Å². The van der Waals surface area contributed by atoms with E-state index in [1.54, 1.807) is 0 Å². The minimum Gasteiger partial charge on any atom is -0.378 e. The summed E-state index contributed by atoms with van der Waals surface area (Å²) in [6, 6.07) is 5.99. The quantitative estimate of drug-likeness (QED) is 0.835. The van der Waals surface area contributed by atoms with Gasteiger partial charge >= 0.3 is 0 Å². The fourth-order valence-corrected chi connectivity index (χ4v) is 3.37. The lowest BCUT2D eigenvalue weighted by Gasteiger charge is -2.43. The number of hydrogen-bond donors (Lipinski definition) is 2. The average Bonchev–Trinajstić information content (AvgIpc) is 2.39. The molecule has 0 heterocycles. The van der Waals surface area contributed by atoms with Crippen molar-refractivity contribution in [2.24, 2.45) is 17.6 Å². The highest BCUT2D eigenvalue weighted by Gasteiger charge is 2.36. The molecule has 1 aromatic rings. The minimum atomic E-state index is 0.0169. The number of nitrogens with one attached hydrogen (secondary N) is 1. The van der Waals surface area contributed by atoms with Gasteiger partial charge in [0.1, 0.15) is 0 Å². The minimum absolute atomic E-state index is 0.0169. The summed E-state index contributed by atoms with van der Waals surface area (Å²) in [7, 11) is 0. The van der Waals surface area contributed by atoms with Crippen molar-refractivity contribution in [1.29, 1.82) is 0 Å². The van der Waals surface area contributed by atoms with Gasteiger partial charge in [-0.25, -0.2) is 0 Å². The average molecular weight is 346 g/mol. The van der Waals surface area contributed by atoms with Crippen LogP contribution in [-0.2, 0) is 0 Å². The molecule has 1 aromatic carbocycles. The van der Waals surface area contributed by atoms with Crippen LogP contribution in [0.5, 0.6) is 0 Å². The van der Waals surface area contributed by atoms with E-state index < -0.39 is 0 Å². The van der Waals surface area contributed by atoms with Gasteiger partial charge in [0.15, 0.2) is 0 Å². The van der Waals surface area contributed by atoms with Crippen LogP contribution in [0.2, 0.25) is 5.02 Å². The third kappa shape index (κ3) is 3.45. The Morgan fingerprint density at radius 3 is 2.74 bits per heavy atom. The first-order valence-electron chi connectivity index (χ1n) is 6.89. The topological polar surface area (TPSA) is 38.0 Å². The van der Waals surface area contributed by atoms with Gasteiger partial charge < -0.3 is 11.1 Å². The highest BCUT2D eigenvalue weighted by Crippen LogP contribution is 2.38. The molecule has 3 atom stereocenters. The van der Waals surface area contributed by atoms with Gasteiger partial charge in [0.25, 0.3) is 0 Å². The molecule has 3 N–H and O–H groups in total. The second kappa shape index (κ2) is 6.02. The molecule has 19 heavy (non-hydrogen) atoms. The molecule has 0 radical (unpaired) electrons. The molecule has 0 amide bonds. The third-order valence-electron chi connectivity index (χ3n) is 4.48. The Labute approximate surface area is 129 Å². The number of hydrogen-bond acceptors (Lipinski definition) is 2. The zero-order valence-corrected chi connectivity index (χ0v) is 13.9. The summed E-state index contributed by atoms with van der Waals surface area (Å²) in [5.41, 5.74) is 7.13. The largest absolute Gasteiger partial charge is 0.378 e. The Bertz CT molecular complexity index is 452. The van der Waals surface area contributed by atoms with Gasteiger partial charge in [0.05, 0.1) is 5.02 Å². The maximum atomic E-state index is 6.15. The van der Waals surface area contributed by atoms with Gasteiger partial charge in [-0.2, -0.15) is 0 Å². The maximum Gasteiger partial charge on any atom is 0.0568 e. The van der Waals surface area contributed by atoms with Crippen LogP contribution < -0.4 is 11.1 Å². The van der Waals surface area contributed by atoms with Crippen LogP contribution in [0, 0.1) is 11.8 Å².